The fourth-order valence-electron chi connectivity index (χ4n) is 3.45. The number of sulfonamides is 1. The monoisotopic (exact) mass is 419 g/mol. The van der Waals surface area contributed by atoms with Crippen molar-refractivity contribution in [3.8, 4) is 0 Å². The molecule has 156 valence electrons. The van der Waals surface area contributed by atoms with Crippen LogP contribution in [0, 0.1) is 12.7 Å². The standard InChI is InChI=1S/C21H26FN3O3S/c1-3-29(27,28)24-19-9-5-4-8-17(19)21(26)23-16-7-6-12-25(14-16)20-13-15(2)10-11-18(20)22/h4-5,8-11,13,16,24H,3,6-7,12,14H2,1-2H3,(H,23,26). The first kappa shape index (κ1) is 21.1. The minimum Gasteiger partial charge on any atom is -0.367 e. The Morgan fingerprint density at radius 2 is 2.00 bits per heavy atom. The molecular formula is C21H26FN3O3S. The number of nitrogens with one attached hydrogen (secondary N) is 2. The second-order valence-corrected chi connectivity index (χ2v) is 9.28. The van der Waals surface area contributed by atoms with Gasteiger partial charge < -0.3 is 10.2 Å². The molecule has 0 saturated carbocycles. The minimum atomic E-state index is -3.50. The summed E-state index contributed by atoms with van der Waals surface area (Å²) in [7, 11) is -3.50. The molecule has 1 amide bonds. The van der Waals surface area contributed by atoms with Gasteiger partial charge in [-0.3, -0.25) is 9.52 Å². The number of piperidine rings is 1. The topological polar surface area (TPSA) is 78.5 Å². The summed E-state index contributed by atoms with van der Waals surface area (Å²) in [6.45, 7) is 4.67. The maximum Gasteiger partial charge on any atom is 0.253 e. The van der Waals surface area contributed by atoms with Crippen molar-refractivity contribution < 1.29 is 17.6 Å². The Morgan fingerprint density at radius 1 is 1.24 bits per heavy atom. The predicted molar refractivity (Wildman–Crippen MR) is 113 cm³/mol. The van der Waals surface area contributed by atoms with Crippen LogP contribution in [0.1, 0.15) is 35.7 Å². The highest BCUT2D eigenvalue weighted by Gasteiger charge is 2.25. The Kier molecular flexibility index (Phi) is 6.42. The third kappa shape index (κ3) is 5.26. The van der Waals surface area contributed by atoms with Gasteiger partial charge in [-0.1, -0.05) is 18.2 Å². The van der Waals surface area contributed by atoms with Crippen LogP contribution in [0.25, 0.3) is 0 Å². The molecular weight excluding hydrogens is 393 g/mol. The molecule has 1 unspecified atom stereocenters. The lowest BCUT2D eigenvalue weighted by molar-refractivity contribution is 0.0934. The molecule has 0 aliphatic carbocycles. The molecule has 0 spiro atoms. The van der Waals surface area contributed by atoms with E-state index in [0.717, 1.165) is 24.9 Å². The first-order valence-corrected chi connectivity index (χ1v) is 11.4. The van der Waals surface area contributed by atoms with E-state index in [1.54, 1.807) is 30.3 Å². The first-order chi connectivity index (χ1) is 13.8. The number of hydrogen-bond acceptors (Lipinski definition) is 4. The van der Waals surface area contributed by atoms with Crippen LogP contribution < -0.4 is 14.9 Å². The van der Waals surface area contributed by atoms with Gasteiger partial charge in [-0.2, -0.15) is 0 Å². The maximum atomic E-state index is 14.3. The van der Waals surface area contributed by atoms with E-state index in [1.165, 1.54) is 13.0 Å². The van der Waals surface area contributed by atoms with Gasteiger partial charge in [0.1, 0.15) is 5.82 Å². The van der Waals surface area contributed by atoms with E-state index in [4.69, 9.17) is 0 Å². The summed E-state index contributed by atoms with van der Waals surface area (Å²) in [5, 5.41) is 2.98. The molecule has 0 aromatic heterocycles. The van der Waals surface area contributed by atoms with E-state index < -0.39 is 10.0 Å². The molecule has 2 aromatic rings. The molecule has 2 N–H and O–H groups in total. The van der Waals surface area contributed by atoms with Crippen molar-refractivity contribution in [2.24, 2.45) is 0 Å². The van der Waals surface area contributed by atoms with Crippen LogP contribution in [0.15, 0.2) is 42.5 Å². The average Bonchev–Trinajstić information content (AvgIpc) is 2.70. The van der Waals surface area contributed by atoms with Crippen molar-refractivity contribution in [2.45, 2.75) is 32.7 Å². The molecule has 0 radical (unpaired) electrons. The quantitative estimate of drug-likeness (QED) is 0.753. The molecule has 2 aromatic carbocycles. The van der Waals surface area contributed by atoms with Crippen molar-refractivity contribution in [3.05, 3.63) is 59.4 Å². The van der Waals surface area contributed by atoms with E-state index in [0.29, 0.717) is 12.2 Å². The lowest BCUT2D eigenvalue weighted by Crippen LogP contribution is -2.48. The summed E-state index contributed by atoms with van der Waals surface area (Å²) >= 11 is 0. The van der Waals surface area contributed by atoms with Crippen LogP contribution in [0.5, 0.6) is 0 Å². The molecule has 3 rings (SSSR count). The van der Waals surface area contributed by atoms with Crippen molar-refractivity contribution in [1.82, 2.24) is 5.32 Å². The number of anilines is 2. The molecule has 8 heteroatoms. The van der Waals surface area contributed by atoms with Crippen molar-refractivity contribution in [1.29, 1.82) is 0 Å². The fraction of sp³-hybridized carbons (Fsp3) is 0.381. The van der Waals surface area contributed by atoms with Crippen LogP contribution in [0.4, 0.5) is 15.8 Å². The molecule has 6 nitrogen and oxygen atoms in total. The van der Waals surface area contributed by atoms with Gasteiger partial charge in [0.25, 0.3) is 5.91 Å². The fourth-order valence-corrected chi connectivity index (χ4v) is 4.11. The number of carbonyl (C=O) groups is 1. The number of halogens is 1. The number of benzene rings is 2. The van der Waals surface area contributed by atoms with Crippen molar-refractivity contribution in [3.63, 3.8) is 0 Å². The van der Waals surface area contributed by atoms with Gasteiger partial charge in [0, 0.05) is 19.1 Å². The summed E-state index contributed by atoms with van der Waals surface area (Å²) in [6.07, 6.45) is 1.60. The van der Waals surface area contributed by atoms with Crippen LogP contribution in [-0.2, 0) is 10.0 Å². The highest BCUT2D eigenvalue weighted by atomic mass is 32.2. The molecule has 1 aliphatic heterocycles. The third-order valence-electron chi connectivity index (χ3n) is 5.02. The van der Waals surface area contributed by atoms with Gasteiger partial charge in [0.15, 0.2) is 0 Å². The lowest BCUT2D eigenvalue weighted by atomic mass is 10.0. The van der Waals surface area contributed by atoms with Gasteiger partial charge in [-0.05, 0) is 56.5 Å². The Morgan fingerprint density at radius 3 is 2.76 bits per heavy atom. The van der Waals surface area contributed by atoms with E-state index in [1.807, 2.05) is 17.9 Å². The smallest absolute Gasteiger partial charge is 0.253 e. The zero-order valence-corrected chi connectivity index (χ0v) is 17.4. The molecule has 0 bridgehead atoms. The summed E-state index contributed by atoms with van der Waals surface area (Å²) < 4.78 is 40.5. The third-order valence-corrected chi connectivity index (χ3v) is 6.31. The zero-order chi connectivity index (χ0) is 21.0. The predicted octanol–water partition coefficient (Wildman–Crippen LogP) is 3.29. The van der Waals surface area contributed by atoms with Crippen LogP contribution in [0.3, 0.4) is 0 Å². The Balaban J connectivity index is 1.74. The van der Waals surface area contributed by atoms with E-state index in [-0.39, 0.29) is 34.8 Å². The number of aryl methyl sites for hydroxylation is 1. The zero-order valence-electron chi connectivity index (χ0n) is 16.6. The minimum absolute atomic E-state index is 0.0808. The van der Waals surface area contributed by atoms with E-state index in [2.05, 4.69) is 10.0 Å². The number of rotatable bonds is 6. The summed E-state index contributed by atoms with van der Waals surface area (Å²) in [5.41, 5.74) is 2.04. The highest BCUT2D eigenvalue weighted by Crippen LogP contribution is 2.25. The number of carbonyl (C=O) groups excluding carboxylic acids is 1. The molecule has 1 saturated heterocycles. The second-order valence-electron chi connectivity index (χ2n) is 7.26. The van der Waals surface area contributed by atoms with Crippen LogP contribution in [0.2, 0.25) is 0 Å². The SMILES string of the molecule is CCS(=O)(=O)Nc1ccccc1C(=O)NC1CCCN(c2cc(C)ccc2F)C1. The number of nitrogens with zero attached hydrogens (tertiary/aromatic N) is 1. The number of para-hydroxylation sites is 1. The first-order valence-electron chi connectivity index (χ1n) is 9.70. The van der Waals surface area contributed by atoms with Gasteiger partial charge in [0.05, 0.1) is 22.7 Å². The number of amides is 1. The van der Waals surface area contributed by atoms with E-state index >= 15 is 0 Å². The van der Waals surface area contributed by atoms with Gasteiger partial charge in [0.2, 0.25) is 10.0 Å². The molecule has 1 aliphatic rings. The normalized spacial score (nSPS) is 17.1. The molecule has 1 fully saturated rings. The maximum absolute atomic E-state index is 14.3. The Hall–Kier alpha value is -2.61. The molecule has 1 heterocycles. The highest BCUT2D eigenvalue weighted by molar-refractivity contribution is 7.92. The molecule has 29 heavy (non-hydrogen) atoms. The van der Waals surface area contributed by atoms with Gasteiger partial charge >= 0.3 is 0 Å². The number of hydrogen-bond donors (Lipinski definition) is 2. The second kappa shape index (κ2) is 8.82. The lowest BCUT2D eigenvalue weighted by Gasteiger charge is -2.35. The van der Waals surface area contributed by atoms with Crippen LogP contribution >= 0.6 is 0 Å². The summed E-state index contributed by atoms with van der Waals surface area (Å²) in [5.74, 6) is -0.708. The summed E-state index contributed by atoms with van der Waals surface area (Å²) in [4.78, 5) is 14.8. The average molecular weight is 420 g/mol. The van der Waals surface area contributed by atoms with Gasteiger partial charge in [-0.25, -0.2) is 12.8 Å². The Labute approximate surface area is 171 Å². The largest absolute Gasteiger partial charge is 0.367 e. The molecule has 1 atom stereocenters. The van der Waals surface area contributed by atoms with Gasteiger partial charge in [-0.15, -0.1) is 0 Å². The summed E-state index contributed by atoms with van der Waals surface area (Å²) in [6, 6.07) is 11.4. The Bertz CT molecular complexity index is 994. The van der Waals surface area contributed by atoms with Crippen LogP contribution in [-0.4, -0.2) is 39.2 Å². The van der Waals surface area contributed by atoms with Crippen molar-refractivity contribution >= 4 is 27.3 Å². The van der Waals surface area contributed by atoms with E-state index in [9.17, 15) is 17.6 Å². The van der Waals surface area contributed by atoms with Crippen molar-refractivity contribution in [2.75, 3.05) is 28.5 Å².